The molecule has 2 amide bonds. The minimum Gasteiger partial charge on any atom is -0.480 e. The lowest BCUT2D eigenvalue weighted by molar-refractivity contribution is -0.144. The maximum absolute atomic E-state index is 12.4. The number of carboxylic acids is 1. The third-order valence-corrected chi connectivity index (χ3v) is 3.98. The number of carbonyl (C=O) groups is 3. The van der Waals surface area contributed by atoms with Crippen molar-refractivity contribution >= 4 is 17.8 Å². The Morgan fingerprint density at radius 3 is 1.68 bits per heavy atom. The summed E-state index contributed by atoms with van der Waals surface area (Å²) < 4.78 is 0. The molecular formula is C15H29N3O4. The molecule has 0 aliphatic rings. The maximum Gasteiger partial charge on any atom is 0.326 e. The van der Waals surface area contributed by atoms with Gasteiger partial charge in [-0.1, -0.05) is 40.5 Å². The third kappa shape index (κ3) is 6.01. The number of carbonyl (C=O) groups excluding carboxylic acids is 2. The topological polar surface area (TPSA) is 122 Å². The molecule has 22 heavy (non-hydrogen) atoms. The highest BCUT2D eigenvalue weighted by molar-refractivity contribution is 5.91. The fourth-order valence-corrected chi connectivity index (χ4v) is 1.91. The monoisotopic (exact) mass is 315 g/mol. The highest BCUT2D eigenvalue weighted by Crippen LogP contribution is 2.12. The van der Waals surface area contributed by atoms with Gasteiger partial charge in [0.25, 0.3) is 0 Å². The van der Waals surface area contributed by atoms with Crippen LogP contribution >= 0.6 is 0 Å². The lowest BCUT2D eigenvalue weighted by Gasteiger charge is -2.27. The van der Waals surface area contributed by atoms with Crippen molar-refractivity contribution in [3.8, 4) is 0 Å². The van der Waals surface area contributed by atoms with Crippen molar-refractivity contribution in [1.29, 1.82) is 0 Å². The molecule has 5 atom stereocenters. The Morgan fingerprint density at radius 1 is 0.909 bits per heavy atom. The van der Waals surface area contributed by atoms with Gasteiger partial charge < -0.3 is 21.5 Å². The van der Waals surface area contributed by atoms with Gasteiger partial charge in [-0.2, -0.15) is 0 Å². The van der Waals surface area contributed by atoms with E-state index in [-0.39, 0.29) is 11.8 Å². The Bertz CT molecular complexity index is 398. The Labute approximate surface area is 132 Å². The number of carboxylic acid groups (broad SMARTS) is 1. The SMILES string of the molecule is CCC(C)C(NC(=O)C(NC(=O)C(C)N)C(C)CC)C(=O)O. The van der Waals surface area contributed by atoms with Crippen molar-refractivity contribution in [3.05, 3.63) is 0 Å². The zero-order valence-electron chi connectivity index (χ0n) is 14.1. The molecular weight excluding hydrogens is 286 g/mol. The van der Waals surface area contributed by atoms with Gasteiger partial charge in [-0.15, -0.1) is 0 Å². The highest BCUT2D eigenvalue weighted by Gasteiger charge is 2.32. The first-order chi connectivity index (χ1) is 10.1. The van der Waals surface area contributed by atoms with Crippen LogP contribution in [0.5, 0.6) is 0 Å². The summed E-state index contributed by atoms with van der Waals surface area (Å²) >= 11 is 0. The molecule has 0 spiro atoms. The summed E-state index contributed by atoms with van der Waals surface area (Å²) in [7, 11) is 0. The van der Waals surface area contributed by atoms with E-state index in [1.54, 1.807) is 6.92 Å². The number of rotatable bonds is 9. The normalized spacial score (nSPS) is 17.7. The summed E-state index contributed by atoms with van der Waals surface area (Å²) in [5.41, 5.74) is 5.51. The van der Waals surface area contributed by atoms with Gasteiger partial charge in [-0.25, -0.2) is 4.79 Å². The molecule has 0 aliphatic carbocycles. The second kappa shape index (κ2) is 9.40. The maximum atomic E-state index is 12.4. The quantitative estimate of drug-likeness (QED) is 0.493. The number of nitrogens with one attached hydrogen (secondary N) is 2. The van der Waals surface area contributed by atoms with Crippen molar-refractivity contribution in [2.24, 2.45) is 17.6 Å². The lowest BCUT2D eigenvalue weighted by Crippen LogP contribution is -2.57. The predicted octanol–water partition coefficient (Wildman–Crippen LogP) is 0.480. The van der Waals surface area contributed by atoms with E-state index >= 15 is 0 Å². The van der Waals surface area contributed by atoms with Crippen LogP contribution in [0, 0.1) is 11.8 Å². The first-order valence-electron chi connectivity index (χ1n) is 7.74. The van der Waals surface area contributed by atoms with Crippen LogP contribution in [-0.2, 0) is 14.4 Å². The Hall–Kier alpha value is -1.63. The van der Waals surface area contributed by atoms with Crippen molar-refractivity contribution in [2.75, 3.05) is 0 Å². The molecule has 0 saturated carbocycles. The van der Waals surface area contributed by atoms with E-state index in [0.29, 0.717) is 12.8 Å². The highest BCUT2D eigenvalue weighted by atomic mass is 16.4. The fraction of sp³-hybridized carbons (Fsp3) is 0.800. The van der Waals surface area contributed by atoms with Crippen LogP contribution in [0.25, 0.3) is 0 Å². The standard InChI is InChI=1S/C15H29N3O4/c1-6-8(3)11(17-13(19)10(5)16)14(20)18-12(15(21)22)9(4)7-2/h8-12H,6-7,16H2,1-5H3,(H,17,19)(H,18,20)(H,21,22). The Morgan fingerprint density at radius 2 is 1.32 bits per heavy atom. The van der Waals surface area contributed by atoms with Crippen LogP contribution in [0.2, 0.25) is 0 Å². The number of aliphatic carboxylic acids is 1. The van der Waals surface area contributed by atoms with Crippen molar-refractivity contribution in [1.82, 2.24) is 10.6 Å². The molecule has 0 radical (unpaired) electrons. The second-order valence-corrected chi connectivity index (χ2v) is 5.87. The molecule has 0 rings (SSSR count). The van der Waals surface area contributed by atoms with Crippen molar-refractivity contribution < 1.29 is 19.5 Å². The van der Waals surface area contributed by atoms with Gasteiger partial charge >= 0.3 is 5.97 Å². The van der Waals surface area contributed by atoms with E-state index in [0.717, 1.165) is 0 Å². The van der Waals surface area contributed by atoms with Crippen LogP contribution in [0.3, 0.4) is 0 Å². The van der Waals surface area contributed by atoms with E-state index in [2.05, 4.69) is 10.6 Å². The van der Waals surface area contributed by atoms with E-state index in [4.69, 9.17) is 5.73 Å². The van der Waals surface area contributed by atoms with Crippen molar-refractivity contribution in [2.45, 2.75) is 65.6 Å². The molecule has 0 aromatic rings. The van der Waals surface area contributed by atoms with Crippen LogP contribution < -0.4 is 16.4 Å². The molecule has 0 fully saturated rings. The van der Waals surface area contributed by atoms with E-state index in [1.165, 1.54) is 6.92 Å². The number of hydrogen-bond acceptors (Lipinski definition) is 4. The molecule has 7 nitrogen and oxygen atoms in total. The van der Waals surface area contributed by atoms with Crippen LogP contribution in [0.4, 0.5) is 0 Å². The Kier molecular flexibility index (Phi) is 8.70. The molecule has 5 unspecified atom stereocenters. The zero-order valence-corrected chi connectivity index (χ0v) is 14.1. The van der Waals surface area contributed by atoms with Gasteiger partial charge in [0.2, 0.25) is 11.8 Å². The molecule has 7 heteroatoms. The summed E-state index contributed by atoms with van der Waals surface area (Å²) in [5.74, 6) is -2.34. The average molecular weight is 315 g/mol. The van der Waals surface area contributed by atoms with Gasteiger partial charge in [0.05, 0.1) is 6.04 Å². The molecule has 5 N–H and O–H groups in total. The molecule has 0 saturated heterocycles. The largest absolute Gasteiger partial charge is 0.480 e. The van der Waals surface area contributed by atoms with Gasteiger partial charge in [0.15, 0.2) is 0 Å². The minimum absolute atomic E-state index is 0.130. The van der Waals surface area contributed by atoms with E-state index in [1.807, 2.05) is 20.8 Å². The van der Waals surface area contributed by atoms with Gasteiger partial charge in [0, 0.05) is 0 Å². The van der Waals surface area contributed by atoms with E-state index in [9.17, 15) is 19.5 Å². The summed E-state index contributed by atoms with van der Waals surface area (Å²) in [6.07, 6.45) is 1.29. The molecule has 0 aromatic heterocycles. The first kappa shape index (κ1) is 20.4. The molecule has 128 valence electrons. The first-order valence-corrected chi connectivity index (χ1v) is 7.74. The zero-order chi connectivity index (χ0) is 17.4. The van der Waals surface area contributed by atoms with Gasteiger partial charge in [-0.05, 0) is 18.8 Å². The molecule has 0 heterocycles. The summed E-state index contributed by atoms with van der Waals surface area (Å²) in [6.45, 7) is 8.87. The predicted molar refractivity (Wildman–Crippen MR) is 84.1 cm³/mol. The van der Waals surface area contributed by atoms with Gasteiger partial charge in [0.1, 0.15) is 12.1 Å². The summed E-state index contributed by atoms with van der Waals surface area (Å²) in [6, 6.07) is -2.50. The summed E-state index contributed by atoms with van der Waals surface area (Å²) in [5, 5.41) is 14.4. The molecule has 0 aliphatic heterocycles. The molecule has 0 bridgehead atoms. The van der Waals surface area contributed by atoms with Crippen LogP contribution in [0.1, 0.15) is 47.5 Å². The van der Waals surface area contributed by atoms with Gasteiger partial charge in [-0.3, -0.25) is 9.59 Å². The summed E-state index contributed by atoms with van der Waals surface area (Å²) in [4.78, 5) is 35.5. The van der Waals surface area contributed by atoms with Crippen molar-refractivity contribution in [3.63, 3.8) is 0 Å². The van der Waals surface area contributed by atoms with Crippen LogP contribution in [0.15, 0.2) is 0 Å². The number of hydrogen-bond donors (Lipinski definition) is 4. The fourth-order valence-electron chi connectivity index (χ4n) is 1.91. The van der Waals surface area contributed by atoms with Crippen LogP contribution in [-0.4, -0.2) is 41.0 Å². The number of amides is 2. The average Bonchev–Trinajstić information content (AvgIpc) is 2.47. The van der Waals surface area contributed by atoms with E-state index < -0.39 is 35.9 Å². The Balaban J connectivity index is 5.10. The third-order valence-electron chi connectivity index (χ3n) is 3.98. The molecule has 0 aromatic carbocycles. The smallest absolute Gasteiger partial charge is 0.326 e. The lowest BCUT2D eigenvalue weighted by atomic mass is 9.95. The minimum atomic E-state index is -1.08. The number of nitrogens with two attached hydrogens (primary N) is 1. The second-order valence-electron chi connectivity index (χ2n) is 5.87.